The Morgan fingerprint density at radius 2 is 1.42 bits per heavy atom. The molecule has 9 nitrogen and oxygen atoms in total. The summed E-state index contributed by atoms with van der Waals surface area (Å²) in [5.41, 5.74) is 2.87. The van der Waals surface area contributed by atoms with Crippen LogP contribution in [0.1, 0.15) is 33.7 Å². The first-order valence-corrected chi connectivity index (χ1v) is 16.7. The predicted octanol–water partition coefficient (Wildman–Crippen LogP) is 7.98. The molecule has 0 heterocycles. The van der Waals surface area contributed by atoms with E-state index < -0.39 is 17.1 Å². The normalized spacial score (nSPS) is 11.5. The first-order chi connectivity index (χ1) is 24.4. The maximum absolute atomic E-state index is 13.8. The highest BCUT2D eigenvalue weighted by atomic mass is 32.2. The fraction of sp³-hybridized carbons (Fsp3) is 0.125. The lowest BCUT2D eigenvalue weighted by molar-refractivity contribution is -0.116. The number of nitrogens with one attached hydrogen (secondary N) is 3. The van der Waals surface area contributed by atoms with Crippen molar-refractivity contribution in [2.75, 3.05) is 31.5 Å². The molecule has 1 atom stereocenters. The Morgan fingerprint density at radius 3 is 2.14 bits per heavy atom. The first kappa shape index (κ1) is 35.3. The van der Waals surface area contributed by atoms with Crippen molar-refractivity contribution in [2.24, 2.45) is 0 Å². The van der Waals surface area contributed by atoms with Crippen LogP contribution in [-0.4, -0.2) is 38.5 Å². The van der Waals surface area contributed by atoms with E-state index in [2.05, 4.69) is 16.0 Å². The van der Waals surface area contributed by atoms with Crippen LogP contribution in [0.5, 0.6) is 17.2 Å². The van der Waals surface area contributed by atoms with Crippen LogP contribution in [0.2, 0.25) is 0 Å². The van der Waals surface area contributed by atoms with Gasteiger partial charge in [-0.05, 0) is 78.7 Å². The Hall–Kier alpha value is -6.00. The third-order valence-corrected chi connectivity index (χ3v) is 8.63. The van der Waals surface area contributed by atoms with Crippen molar-refractivity contribution in [3.05, 3.63) is 150 Å². The second-order valence-corrected chi connectivity index (χ2v) is 12.0. The summed E-state index contributed by atoms with van der Waals surface area (Å²) in [6.45, 7) is 2.35. The van der Waals surface area contributed by atoms with Gasteiger partial charge in [-0.3, -0.25) is 14.4 Å². The molecule has 1 unspecified atom stereocenters. The van der Waals surface area contributed by atoms with Crippen molar-refractivity contribution in [2.45, 2.75) is 17.1 Å². The van der Waals surface area contributed by atoms with Gasteiger partial charge in [0, 0.05) is 16.1 Å². The molecule has 3 amide bonds. The van der Waals surface area contributed by atoms with Crippen LogP contribution in [0, 0.1) is 0 Å². The average Bonchev–Trinajstić information content (AvgIpc) is 3.15. The molecule has 0 aromatic heterocycles. The largest absolute Gasteiger partial charge is 0.493 e. The van der Waals surface area contributed by atoms with Gasteiger partial charge in [0.25, 0.3) is 11.8 Å². The molecule has 0 aliphatic rings. The lowest BCUT2D eigenvalue weighted by Crippen LogP contribution is -2.30. The van der Waals surface area contributed by atoms with E-state index in [1.807, 2.05) is 61.5 Å². The van der Waals surface area contributed by atoms with Gasteiger partial charge < -0.3 is 30.2 Å². The van der Waals surface area contributed by atoms with Gasteiger partial charge in [-0.25, -0.2) is 0 Å². The van der Waals surface area contributed by atoms with Crippen molar-refractivity contribution in [3.63, 3.8) is 0 Å². The SMILES string of the molecule is CCOc1ccccc1NC(=O)C(Sc1cccc(NC(=O)/C(=C\c2ccc(OC)c(OC)c2)NC(=O)c2ccccc2)c1)c1ccccc1. The summed E-state index contributed by atoms with van der Waals surface area (Å²) < 4.78 is 16.5. The lowest BCUT2D eigenvalue weighted by atomic mass is 10.1. The predicted molar refractivity (Wildman–Crippen MR) is 198 cm³/mol. The number of rotatable bonds is 14. The molecule has 0 aliphatic carbocycles. The molecule has 5 aromatic carbocycles. The summed E-state index contributed by atoms with van der Waals surface area (Å²) in [5.74, 6) is 0.362. The molecule has 5 rings (SSSR count). The van der Waals surface area contributed by atoms with E-state index in [1.165, 1.54) is 26.0 Å². The summed E-state index contributed by atoms with van der Waals surface area (Å²) >= 11 is 1.34. The van der Waals surface area contributed by atoms with E-state index in [4.69, 9.17) is 14.2 Å². The van der Waals surface area contributed by atoms with Gasteiger partial charge in [-0.2, -0.15) is 0 Å². The number of para-hydroxylation sites is 2. The number of hydrogen-bond acceptors (Lipinski definition) is 7. The van der Waals surface area contributed by atoms with E-state index in [0.717, 1.165) is 10.5 Å². The number of amides is 3. The lowest BCUT2D eigenvalue weighted by Gasteiger charge is -2.19. The first-order valence-electron chi connectivity index (χ1n) is 15.8. The molecule has 0 saturated carbocycles. The Morgan fingerprint density at radius 1 is 0.720 bits per heavy atom. The molecular weight excluding hydrogens is 651 g/mol. The minimum Gasteiger partial charge on any atom is -0.493 e. The second kappa shape index (κ2) is 17.4. The molecule has 5 aromatic rings. The van der Waals surface area contributed by atoms with Gasteiger partial charge in [0.2, 0.25) is 5.91 Å². The molecule has 254 valence electrons. The maximum Gasteiger partial charge on any atom is 0.272 e. The van der Waals surface area contributed by atoms with Gasteiger partial charge in [0.15, 0.2) is 11.5 Å². The summed E-state index contributed by atoms with van der Waals surface area (Å²) in [7, 11) is 3.06. The molecule has 0 fully saturated rings. The fourth-order valence-electron chi connectivity index (χ4n) is 4.98. The number of hydrogen-bond donors (Lipinski definition) is 3. The Kier molecular flexibility index (Phi) is 12.3. The van der Waals surface area contributed by atoms with Crippen LogP contribution in [0.15, 0.2) is 138 Å². The Bertz CT molecular complexity index is 1970. The van der Waals surface area contributed by atoms with Gasteiger partial charge in [-0.15, -0.1) is 11.8 Å². The number of thioether (sulfide) groups is 1. The summed E-state index contributed by atoms with van der Waals surface area (Å²) in [6, 6.07) is 37.8. The number of carbonyl (C=O) groups excluding carboxylic acids is 3. The number of methoxy groups -OCH3 is 2. The third-order valence-electron chi connectivity index (χ3n) is 7.38. The third kappa shape index (κ3) is 9.33. The van der Waals surface area contributed by atoms with Crippen LogP contribution in [0.3, 0.4) is 0 Å². The zero-order chi connectivity index (χ0) is 35.3. The molecule has 0 saturated heterocycles. The topological polar surface area (TPSA) is 115 Å². The van der Waals surface area contributed by atoms with Crippen LogP contribution < -0.4 is 30.2 Å². The zero-order valence-electron chi connectivity index (χ0n) is 27.8. The van der Waals surface area contributed by atoms with Gasteiger partial charge >= 0.3 is 0 Å². The van der Waals surface area contributed by atoms with Gasteiger partial charge in [0.05, 0.1) is 26.5 Å². The average molecular weight is 688 g/mol. The summed E-state index contributed by atoms with van der Waals surface area (Å²) in [4.78, 5) is 41.5. The second-order valence-electron chi connectivity index (χ2n) is 10.8. The molecule has 0 aliphatic heterocycles. The van der Waals surface area contributed by atoms with Crippen LogP contribution >= 0.6 is 11.8 Å². The van der Waals surface area contributed by atoms with Crippen molar-refractivity contribution in [1.29, 1.82) is 0 Å². The molecule has 0 radical (unpaired) electrons. The summed E-state index contributed by atoms with van der Waals surface area (Å²) in [5, 5.41) is 8.07. The fourth-order valence-corrected chi connectivity index (χ4v) is 6.07. The van der Waals surface area contributed by atoms with E-state index >= 15 is 0 Å². The summed E-state index contributed by atoms with van der Waals surface area (Å²) in [6.07, 6.45) is 1.56. The van der Waals surface area contributed by atoms with Gasteiger partial charge in [0.1, 0.15) is 16.7 Å². The molecule has 50 heavy (non-hydrogen) atoms. The molecule has 0 bridgehead atoms. The standard InChI is InChI=1S/C40H37N3O6S/c1-4-49-34-21-12-11-20-32(34)42-40(46)37(28-14-7-5-8-15-28)50-31-19-13-18-30(26-31)41-39(45)33(43-38(44)29-16-9-6-10-17-29)24-27-22-23-35(47-2)36(25-27)48-3/h5-26,37H,4H2,1-3H3,(H,41,45)(H,42,46)(H,43,44)/b33-24+. The van der Waals surface area contributed by atoms with Crippen LogP contribution in [0.25, 0.3) is 6.08 Å². The monoisotopic (exact) mass is 687 g/mol. The highest BCUT2D eigenvalue weighted by Crippen LogP contribution is 2.38. The van der Waals surface area contributed by atoms with Crippen LogP contribution in [-0.2, 0) is 9.59 Å². The highest BCUT2D eigenvalue weighted by molar-refractivity contribution is 8.00. The number of benzene rings is 5. The number of ether oxygens (including phenoxy) is 3. The zero-order valence-corrected chi connectivity index (χ0v) is 28.7. The van der Waals surface area contributed by atoms with Crippen LogP contribution in [0.4, 0.5) is 11.4 Å². The van der Waals surface area contributed by atoms with E-state index in [1.54, 1.807) is 78.9 Å². The molecule has 0 spiro atoms. The Balaban J connectivity index is 1.40. The van der Waals surface area contributed by atoms with Crippen molar-refractivity contribution >= 4 is 46.9 Å². The minimum atomic E-state index is -0.623. The number of anilines is 2. The van der Waals surface area contributed by atoms with Crippen molar-refractivity contribution < 1.29 is 28.6 Å². The molecule has 10 heteroatoms. The minimum absolute atomic E-state index is 0.0126. The van der Waals surface area contributed by atoms with E-state index in [0.29, 0.717) is 46.4 Å². The maximum atomic E-state index is 13.8. The number of carbonyl (C=O) groups is 3. The van der Waals surface area contributed by atoms with E-state index in [-0.39, 0.29) is 11.6 Å². The quantitative estimate of drug-likeness (QED) is 0.0801. The van der Waals surface area contributed by atoms with Gasteiger partial charge in [-0.1, -0.05) is 72.8 Å². The van der Waals surface area contributed by atoms with E-state index in [9.17, 15) is 14.4 Å². The molecule has 3 N–H and O–H groups in total. The van der Waals surface area contributed by atoms with Crippen molar-refractivity contribution in [1.82, 2.24) is 5.32 Å². The van der Waals surface area contributed by atoms with Crippen molar-refractivity contribution in [3.8, 4) is 17.2 Å². The molecular formula is C40H37N3O6S. The Labute approximate surface area is 295 Å². The smallest absolute Gasteiger partial charge is 0.272 e. The highest BCUT2D eigenvalue weighted by Gasteiger charge is 2.24.